The van der Waals surface area contributed by atoms with Crippen molar-refractivity contribution in [2.24, 2.45) is 0 Å². The number of benzene rings is 1. The maximum Gasteiger partial charge on any atom is 0.306 e. The third kappa shape index (κ3) is 4.21. The van der Waals surface area contributed by atoms with Crippen molar-refractivity contribution in [3.05, 3.63) is 63.2 Å². The molecule has 134 valence electrons. The van der Waals surface area contributed by atoms with Crippen molar-refractivity contribution in [1.29, 1.82) is 0 Å². The highest BCUT2D eigenvalue weighted by Crippen LogP contribution is 2.34. The molecule has 1 heterocycles. The Morgan fingerprint density at radius 2 is 2.00 bits per heavy atom. The first-order valence-corrected chi connectivity index (χ1v) is 7.44. The number of esters is 1. The van der Waals surface area contributed by atoms with Gasteiger partial charge in [-0.05, 0) is 24.6 Å². The lowest BCUT2D eigenvalue weighted by Crippen LogP contribution is -2.15. The van der Waals surface area contributed by atoms with Crippen molar-refractivity contribution in [1.82, 2.24) is 0 Å². The van der Waals surface area contributed by atoms with Crippen molar-refractivity contribution in [2.45, 2.75) is 25.9 Å². The first-order chi connectivity index (χ1) is 11.9. The summed E-state index contributed by atoms with van der Waals surface area (Å²) in [6.45, 7) is 1.07. The average Bonchev–Trinajstić information content (AvgIpc) is 2.58. The van der Waals surface area contributed by atoms with E-state index in [2.05, 4.69) is 0 Å². The summed E-state index contributed by atoms with van der Waals surface area (Å²) in [6.07, 6.45) is -0.385. The molecule has 0 aliphatic heterocycles. The summed E-state index contributed by atoms with van der Waals surface area (Å²) < 4.78 is 36.9. The Morgan fingerprint density at radius 3 is 2.60 bits per heavy atom. The summed E-state index contributed by atoms with van der Waals surface area (Å²) in [4.78, 5) is 23.7. The van der Waals surface area contributed by atoms with Gasteiger partial charge in [0.15, 0.2) is 17.4 Å². The van der Waals surface area contributed by atoms with Crippen molar-refractivity contribution in [3.8, 4) is 5.75 Å². The van der Waals surface area contributed by atoms with Crippen LogP contribution in [0, 0.1) is 11.6 Å². The number of hydrogen-bond acceptors (Lipinski definition) is 6. The minimum atomic E-state index is -1.16. The average molecular weight is 354 g/mol. The van der Waals surface area contributed by atoms with Crippen molar-refractivity contribution < 1.29 is 32.9 Å². The van der Waals surface area contributed by atoms with Crippen LogP contribution in [0.1, 0.15) is 36.3 Å². The minimum absolute atomic E-state index is 0.0932. The highest BCUT2D eigenvalue weighted by molar-refractivity contribution is 5.71. The Morgan fingerprint density at radius 1 is 1.28 bits per heavy atom. The van der Waals surface area contributed by atoms with Crippen LogP contribution < -0.4 is 5.43 Å². The molecule has 0 saturated heterocycles. The number of rotatable bonds is 6. The number of hydrogen-bond donors (Lipinski definition) is 2. The lowest BCUT2D eigenvalue weighted by molar-refractivity contribution is -0.143. The standard InChI is InChI=1S/C17H16F2O6/c1-2-24-15(22)7-11(9-3-4-12(18)13(19)5-9)17-16(23)14(21)6-10(8-20)25-17/h3-6,11,20,23H,2,7-8H2,1H3/t11-/m1/s1. The molecule has 1 aromatic carbocycles. The van der Waals surface area contributed by atoms with E-state index in [1.165, 1.54) is 6.07 Å². The lowest BCUT2D eigenvalue weighted by Gasteiger charge is -2.17. The van der Waals surface area contributed by atoms with Crippen LogP contribution in [0.2, 0.25) is 0 Å². The molecule has 0 bridgehead atoms. The summed E-state index contributed by atoms with van der Waals surface area (Å²) >= 11 is 0. The zero-order valence-corrected chi connectivity index (χ0v) is 13.3. The maximum absolute atomic E-state index is 13.6. The molecule has 2 aromatic rings. The molecular weight excluding hydrogens is 338 g/mol. The molecule has 0 saturated carbocycles. The highest BCUT2D eigenvalue weighted by atomic mass is 19.2. The van der Waals surface area contributed by atoms with Crippen LogP contribution in [-0.4, -0.2) is 22.8 Å². The quantitative estimate of drug-likeness (QED) is 0.772. The molecule has 1 aromatic heterocycles. The van der Waals surface area contributed by atoms with E-state index >= 15 is 0 Å². The van der Waals surface area contributed by atoms with Gasteiger partial charge in [-0.15, -0.1) is 0 Å². The normalized spacial score (nSPS) is 12.0. The molecule has 0 aliphatic rings. The second kappa shape index (κ2) is 7.89. The topological polar surface area (TPSA) is 97.0 Å². The van der Waals surface area contributed by atoms with Crippen LogP contribution in [0.25, 0.3) is 0 Å². The van der Waals surface area contributed by atoms with E-state index in [9.17, 15) is 23.5 Å². The lowest BCUT2D eigenvalue weighted by atomic mass is 9.92. The number of carbonyl (C=O) groups is 1. The van der Waals surface area contributed by atoms with Crippen LogP contribution in [0.5, 0.6) is 5.75 Å². The Balaban J connectivity index is 2.58. The van der Waals surface area contributed by atoms with E-state index < -0.39 is 41.3 Å². The molecule has 1 atom stereocenters. The van der Waals surface area contributed by atoms with Crippen molar-refractivity contribution in [3.63, 3.8) is 0 Å². The molecule has 0 radical (unpaired) electrons. The molecule has 8 heteroatoms. The van der Waals surface area contributed by atoms with Crippen LogP contribution in [0.15, 0.2) is 33.5 Å². The van der Waals surface area contributed by atoms with Gasteiger partial charge >= 0.3 is 5.97 Å². The monoisotopic (exact) mass is 354 g/mol. The molecule has 2 rings (SSSR count). The number of ether oxygens (including phenoxy) is 1. The van der Waals surface area contributed by atoms with Gasteiger partial charge in [-0.2, -0.15) is 0 Å². The third-order valence-electron chi connectivity index (χ3n) is 3.49. The van der Waals surface area contributed by atoms with E-state index in [4.69, 9.17) is 14.3 Å². The predicted molar refractivity (Wildman–Crippen MR) is 82.0 cm³/mol. The molecular formula is C17H16F2O6. The van der Waals surface area contributed by atoms with Crippen LogP contribution in [-0.2, 0) is 16.1 Å². The zero-order valence-electron chi connectivity index (χ0n) is 13.3. The Labute approximate surface area is 141 Å². The number of aliphatic hydroxyl groups is 1. The molecule has 6 nitrogen and oxygen atoms in total. The highest BCUT2D eigenvalue weighted by Gasteiger charge is 2.27. The summed E-state index contributed by atoms with van der Waals surface area (Å²) in [7, 11) is 0. The van der Waals surface area contributed by atoms with E-state index in [-0.39, 0.29) is 30.1 Å². The van der Waals surface area contributed by atoms with Crippen LogP contribution >= 0.6 is 0 Å². The van der Waals surface area contributed by atoms with Gasteiger partial charge in [-0.1, -0.05) is 6.07 Å². The fourth-order valence-corrected chi connectivity index (χ4v) is 2.35. The fourth-order valence-electron chi connectivity index (χ4n) is 2.35. The smallest absolute Gasteiger partial charge is 0.306 e. The second-order valence-electron chi connectivity index (χ2n) is 5.18. The number of halogens is 2. The summed E-state index contributed by atoms with van der Waals surface area (Å²) in [6, 6.07) is 3.79. The Hall–Kier alpha value is -2.74. The van der Waals surface area contributed by atoms with Gasteiger partial charge in [0.2, 0.25) is 11.2 Å². The summed E-state index contributed by atoms with van der Waals surface area (Å²) in [5, 5.41) is 19.2. The summed E-state index contributed by atoms with van der Waals surface area (Å²) in [5.74, 6) is -5.30. The fraction of sp³-hybridized carbons (Fsp3) is 0.294. The minimum Gasteiger partial charge on any atom is -0.502 e. The van der Waals surface area contributed by atoms with Crippen molar-refractivity contribution in [2.75, 3.05) is 6.61 Å². The predicted octanol–water partition coefficient (Wildman–Crippen LogP) is 2.20. The number of carbonyl (C=O) groups excluding carboxylic acids is 1. The first-order valence-electron chi connectivity index (χ1n) is 7.44. The molecule has 0 fully saturated rings. The van der Waals surface area contributed by atoms with E-state index in [0.29, 0.717) is 0 Å². The molecule has 0 unspecified atom stereocenters. The zero-order chi connectivity index (χ0) is 18.6. The van der Waals surface area contributed by atoms with Gasteiger partial charge in [-0.25, -0.2) is 8.78 Å². The van der Waals surface area contributed by atoms with Crippen LogP contribution in [0.4, 0.5) is 8.78 Å². The largest absolute Gasteiger partial charge is 0.502 e. The van der Waals surface area contributed by atoms with Gasteiger partial charge in [0.1, 0.15) is 12.4 Å². The maximum atomic E-state index is 13.6. The van der Waals surface area contributed by atoms with E-state index in [0.717, 1.165) is 18.2 Å². The molecule has 2 N–H and O–H groups in total. The van der Waals surface area contributed by atoms with E-state index in [1.54, 1.807) is 6.92 Å². The molecule has 0 aliphatic carbocycles. The Bertz CT molecular complexity index is 830. The first kappa shape index (κ1) is 18.6. The number of aromatic hydroxyl groups is 1. The molecule has 25 heavy (non-hydrogen) atoms. The Kier molecular flexibility index (Phi) is 5.87. The number of aliphatic hydroxyl groups excluding tert-OH is 1. The van der Waals surface area contributed by atoms with Crippen molar-refractivity contribution >= 4 is 5.97 Å². The van der Waals surface area contributed by atoms with Gasteiger partial charge in [-0.3, -0.25) is 9.59 Å². The second-order valence-corrected chi connectivity index (χ2v) is 5.18. The van der Waals surface area contributed by atoms with E-state index in [1.807, 2.05) is 0 Å². The SMILES string of the molecule is CCOC(=O)C[C@H](c1ccc(F)c(F)c1)c1oc(CO)cc(=O)c1O. The van der Waals surface area contributed by atoms with Gasteiger partial charge in [0.05, 0.1) is 18.9 Å². The van der Waals surface area contributed by atoms with Gasteiger partial charge in [0, 0.05) is 6.07 Å². The van der Waals surface area contributed by atoms with Gasteiger partial charge in [0.25, 0.3) is 0 Å². The van der Waals surface area contributed by atoms with Gasteiger partial charge < -0.3 is 19.4 Å². The third-order valence-corrected chi connectivity index (χ3v) is 3.49. The summed E-state index contributed by atoms with van der Waals surface area (Å²) in [5.41, 5.74) is -0.734. The molecule has 0 spiro atoms. The molecule has 0 amide bonds. The van der Waals surface area contributed by atoms with Crippen LogP contribution in [0.3, 0.4) is 0 Å².